The lowest BCUT2D eigenvalue weighted by molar-refractivity contribution is 0.664. The van der Waals surface area contributed by atoms with Crippen molar-refractivity contribution in [1.29, 1.82) is 0 Å². The minimum Gasteiger partial charge on any atom is -0.396 e. The van der Waals surface area contributed by atoms with Crippen molar-refractivity contribution in [3.05, 3.63) is 42.0 Å². The fraction of sp³-hybridized carbons (Fsp3) is 0.200. The molecule has 2 heterocycles. The average molecular weight is 188 g/mol. The van der Waals surface area contributed by atoms with Gasteiger partial charge >= 0.3 is 0 Å². The van der Waals surface area contributed by atoms with Gasteiger partial charge in [-0.3, -0.25) is 9.67 Å². The highest BCUT2D eigenvalue weighted by molar-refractivity contribution is 5.39. The van der Waals surface area contributed by atoms with Crippen molar-refractivity contribution < 1.29 is 0 Å². The van der Waals surface area contributed by atoms with E-state index in [1.807, 2.05) is 29.9 Å². The van der Waals surface area contributed by atoms with Gasteiger partial charge in [0.15, 0.2) is 0 Å². The van der Waals surface area contributed by atoms with Crippen molar-refractivity contribution in [1.82, 2.24) is 14.8 Å². The summed E-state index contributed by atoms with van der Waals surface area (Å²) in [5.41, 5.74) is 8.54. The first-order chi connectivity index (χ1) is 6.77. The van der Waals surface area contributed by atoms with Crippen LogP contribution in [0.1, 0.15) is 11.3 Å². The summed E-state index contributed by atoms with van der Waals surface area (Å²) >= 11 is 0. The van der Waals surface area contributed by atoms with Crippen LogP contribution in [0, 0.1) is 6.92 Å². The number of anilines is 1. The van der Waals surface area contributed by atoms with E-state index < -0.39 is 0 Å². The van der Waals surface area contributed by atoms with Crippen molar-refractivity contribution in [3.63, 3.8) is 0 Å². The second-order valence-corrected chi connectivity index (χ2v) is 3.20. The van der Waals surface area contributed by atoms with Crippen LogP contribution in [0.3, 0.4) is 0 Å². The summed E-state index contributed by atoms with van der Waals surface area (Å²) in [4.78, 5) is 4.04. The van der Waals surface area contributed by atoms with Crippen LogP contribution >= 0.6 is 0 Å². The van der Waals surface area contributed by atoms with Crippen LogP contribution in [0.25, 0.3) is 0 Å². The third-order valence-corrected chi connectivity index (χ3v) is 2.20. The molecule has 14 heavy (non-hydrogen) atoms. The Hall–Kier alpha value is -1.84. The van der Waals surface area contributed by atoms with E-state index in [9.17, 15) is 0 Å². The molecule has 0 aliphatic rings. The SMILES string of the molecule is Cc1c(N)cnn1Cc1cccnc1. The molecule has 2 aromatic heterocycles. The summed E-state index contributed by atoms with van der Waals surface area (Å²) in [6, 6.07) is 3.93. The number of hydrogen-bond donors (Lipinski definition) is 1. The van der Waals surface area contributed by atoms with Crippen molar-refractivity contribution in [2.24, 2.45) is 0 Å². The minimum absolute atomic E-state index is 0.719. The van der Waals surface area contributed by atoms with E-state index in [2.05, 4.69) is 10.1 Å². The van der Waals surface area contributed by atoms with E-state index in [-0.39, 0.29) is 0 Å². The Morgan fingerprint density at radius 2 is 2.29 bits per heavy atom. The molecule has 0 saturated heterocycles. The summed E-state index contributed by atoms with van der Waals surface area (Å²) in [5.74, 6) is 0. The van der Waals surface area contributed by atoms with E-state index in [0.29, 0.717) is 0 Å². The first-order valence-corrected chi connectivity index (χ1v) is 4.44. The topological polar surface area (TPSA) is 56.7 Å². The highest BCUT2D eigenvalue weighted by atomic mass is 15.3. The van der Waals surface area contributed by atoms with E-state index >= 15 is 0 Å². The van der Waals surface area contributed by atoms with Gasteiger partial charge in [-0.15, -0.1) is 0 Å². The van der Waals surface area contributed by atoms with Crippen molar-refractivity contribution in [3.8, 4) is 0 Å². The van der Waals surface area contributed by atoms with E-state index in [1.54, 1.807) is 12.4 Å². The van der Waals surface area contributed by atoms with E-state index in [4.69, 9.17) is 5.73 Å². The van der Waals surface area contributed by atoms with Crippen LogP contribution in [0.15, 0.2) is 30.7 Å². The molecule has 4 nitrogen and oxygen atoms in total. The van der Waals surface area contributed by atoms with Gasteiger partial charge in [-0.2, -0.15) is 5.10 Å². The van der Waals surface area contributed by atoms with Gasteiger partial charge < -0.3 is 5.73 Å². The fourth-order valence-electron chi connectivity index (χ4n) is 1.28. The summed E-state index contributed by atoms with van der Waals surface area (Å²) in [6.45, 7) is 2.68. The van der Waals surface area contributed by atoms with E-state index in [0.717, 1.165) is 23.5 Å². The van der Waals surface area contributed by atoms with E-state index in [1.165, 1.54) is 0 Å². The van der Waals surface area contributed by atoms with Gasteiger partial charge in [0, 0.05) is 12.4 Å². The van der Waals surface area contributed by atoms with Gasteiger partial charge in [-0.1, -0.05) is 6.07 Å². The van der Waals surface area contributed by atoms with Crippen LogP contribution in [0.4, 0.5) is 5.69 Å². The largest absolute Gasteiger partial charge is 0.396 e. The molecule has 2 rings (SSSR count). The molecule has 0 unspecified atom stereocenters. The molecule has 0 aliphatic heterocycles. The number of nitrogens with two attached hydrogens (primary N) is 1. The molecular weight excluding hydrogens is 176 g/mol. The lowest BCUT2D eigenvalue weighted by atomic mass is 10.3. The molecule has 0 atom stereocenters. The Labute approximate surface area is 82.4 Å². The van der Waals surface area contributed by atoms with Gasteiger partial charge in [0.05, 0.1) is 24.1 Å². The summed E-state index contributed by atoms with van der Waals surface area (Å²) in [5, 5.41) is 4.17. The molecule has 0 bridgehead atoms. The van der Waals surface area contributed by atoms with Gasteiger partial charge in [0.1, 0.15) is 0 Å². The zero-order valence-electron chi connectivity index (χ0n) is 8.01. The van der Waals surface area contributed by atoms with Crippen molar-refractivity contribution in [2.45, 2.75) is 13.5 Å². The molecule has 0 aromatic carbocycles. The lowest BCUT2D eigenvalue weighted by Crippen LogP contribution is -2.04. The maximum Gasteiger partial charge on any atom is 0.0730 e. The van der Waals surface area contributed by atoms with Crippen LogP contribution in [0.5, 0.6) is 0 Å². The molecule has 2 N–H and O–H groups in total. The Balaban J connectivity index is 2.23. The maximum atomic E-state index is 5.70. The third-order valence-electron chi connectivity index (χ3n) is 2.20. The zero-order valence-corrected chi connectivity index (χ0v) is 8.01. The highest BCUT2D eigenvalue weighted by Crippen LogP contribution is 2.10. The van der Waals surface area contributed by atoms with Crippen LogP contribution in [-0.2, 0) is 6.54 Å². The molecule has 4 heteroatoms. The molecule has 2 aromatic rings. The quantitative estimate of drug-likeness (QED) is 0.770. The standard InChI is InChI=1S/C10H12N4/c1-8-10(11)6-13-14(8)7-9-3-2-4-12-5-9/h2-6H,7,11H2,1H3. The monoisotopic (exact) mass is 188 g/mol. The second-order valence-electron chi connectivity index (χ2n) is 3.20. The Morgan fingerprint density at radius 3 is 2.86 bits per heavy atom. The number of nitrogen functional groups attached to an aromatic ring is 1. The molecule has 0 saturated carbocycles. The normalized spacial score (nSPS) is 10.4. The molecule has 72 valence electrons. The zero-order chi connectivity index (χ0) is 9.97. The number of aromatic nitrogens is 3. The summed E-state index contributed by atoms with van der Waals surface area (Å²) in [6.07, 6.45) is 5.26. The maximum absolute atomic E-state index is 5.70. The van der Waals surface area contributed by atoms with Gasteiger partial charge in [0.25, 0.3) is 0 Å². The second kappa shape index (κ2) is 3.49. The van der Waals surface area contributed by atoms with Crippen LogP contribution < -0.4 is 5.73 Å². The average Bonchev–Trinajstić information content (AvgIpc) is 2.52. The smallest absolute Gasteiger partial charge is 0.0730 e. The summed E-state index contributed by atoms with van der Waals surface area (Å²) < 4.78 is 1.87. The molecule has 0 amide bonds. The highest BCUT2D eigenvalue weighted by Gasteiger charge is 2.02. The van der Waals surface area contributed by atoms with Gasteiger partial charge in [-0.05, 0) is 18.6 Å². The number of nitrogens with zero attached hydrogens (tertiary/aromatic N) is 3. The van der Waals surface area contributed by atoms with Crippen LogP contribution in [-0.4, -0.2) is 14.8 Å². The molecule has 0 spiro atoms. The number of rotatable bonds is 2. The molecule has 0 fully saturated rings. The Kier molecular flexibility index (Phi) is 2.18. The van der Waals surface area contributed by atoms with Crippen molar-refractivity contribution >= 4 is 5.69 Å². The Morgan fingerprint density at radius 1 is 1.43 bits per heavy atom. The Bertz CT molecular complexity index is 419. The molecule has 0 radical (unpaired) electrons. The molecular formula is C10H12N4. The van der Waals surface area contributed by atoms with Gasteiger partial charge in [0.2, 0.25) is 0 Å². The fourth-order valence-corrected chi connectivity index (χ4v) is 1.28. The van der Waals surface area contributed by atoms with Crippen molar-refractivity contribution in [2.75, 3.05) is 5.73 Å². The number of pyridine rings is 1. The predicted molar refractivity (Wildman–Crippen MR) is 54.7 cm³/mol. The third kappa shape index (κ3) is 1.59. The first-order valence-electron chi connectivity index (χ1n) is 4.44. The minimum atomic E-state index is 0.719. The van der Waals surface area contributed by atoms with Crippen LogP contribution in [0.2, 0.25) is 0 Å². The predicted octanol–water partition coefficient (Wildman–Crippen LogP) is 1.22. The molecule has 0 aliphatic carbocycles. The first kappa shape index (κ1) is 8.74. The summed E-state index contributed by atoms with van der Waals surface area (Å²) in [7, 11) is 0. The van der Waals surface area contributed by atoms with Gasteiger partial charge in [-0.25, -0.2) is 0 Å². The number of hydrogen-bond acceptors (Lipinski definition) is 3. The lowest BCUT2D eigenvalue weighted by Gasteiger charge is -2.03.